The van der Waals surface area contributed by atoms with Gasteiger partial charge in [0.1, 0.15) is 0 Å². The van der Waals surface area contributed by atoms with Crippen LogP contribution in [0.5, 0.6) is 0 Å². The Bertz CT molecular complexity index is 309. The summed E-state index contributed by atoms with van der Waals surface area (Å²) in [5.74, 6) is -3.37. The predicted molar refractivity (Wildman–Crippen MR) is 55.2 cm³/mol. The maximum absolute atomic E-state index is 10.6. The Morgan fingerprint density at radius 3 is 2.18 bits per heavy atom. The number of carboxylic acid groups (broad SMARTS) is 2. The van der Waals surface area contributed by atoms with Crippen molar-refractivity contribution in [3.05, 3.63) is 0 Å². The molecule has 0 aromatic rings. The third-order valence-corrected chi connectivity index (χ3v) is 2.50. The monoisotopic (exact) mass is 270 g/mol. The van der Waals surface area contributed by atoms with Gasteiger partial charge in [-0.25, -0.2) is 4.57 Å². The largest absolute Gasteiger partial charge is 0.481 e. The fourth-order valence-electron chi connectivity index (χ4n) is 1.20. The summed E-state index contributed by atoms with van der Waals surface area (Å²) in [6.07, 6.45) is 0.250. The van der Waals surface area contributed by atoms with E-state index in [0.717, 1.165) is 0 Å². The number of hydrogen-bond acceptors (Lipinski definition) is 4. The van der Waals surface area contributed by atoms with Crippen molar-refractivity contribution in [2.24, 2.45) is 5.92 Å². The van der Waals surface area contributed by atoms with Crippen molar-refractivity contribution in [2.45, 2.75) is 25.7 Å². The van der Waals surface area contributed by atoms with Gasteiger partial charge in [-0.1, -0.05) is 6.42 Å². The first kappa shape index (κ1) is 16.1. The van der Waals surface area contributed by atoms with Gasteiger partial charge >= 0.3 is 19.8 Å². The van der Waals surface area contributed by atoms with E-state index < -0.39 is 32.1 Å². The zero-order chi connectivity index (χ0) is 13.5. The molecular formula is C8H15O8P. The van der Waals surface area contributed by atoms with E-state index in [1.807, 2.05) is 0 Å². The fraction of sp³-hybridized carbons (Fsp3) is 0.750. The topological polar surface area (TPSA) is 141 Å². The molecule has 0 spiro atoms. The van der Waals surface area contributed by atoms with Crippen LogP contribution < -0.4 is 0 Å². The minimum atomic E-state index is -4.48. The summed E-state index contributed by atoms with van der Waals surface area (Å²) in [5.41, 5.74) is 0. The first-order valence-corrected chi connectivity index (χ1v) is 6.40. The first-order valence-electron chi connectivity index (χ1n) is 4.87. The summed E-state index contributed by atoms with van der Waals surface area (Å²) >= 11 is 0. The molecule has 8 nitrogen and oxygen atoms in total. The van der Waals surface area contributed by atoms with Crippen LogP contribution in [0.15, 0.2) is 0 Å². The van der Waals surface area contributed by atoms with E-state index >= 15 is 0 Å². The molecular weight excluding hydrogens is 255 g/mol. The maximum Gasteiger partial charge on any atom is 0.469 e. The van der Waals surface area contributed by atoms with Gasteiger partial charge in [0.2, 0.25) is 0 Å². The highest BCUT2D eigenvalue weighted by Gasteiger charge is 2.20. The molecule has 0 aliphatic rings. The van der Waals surface area contributed by atoms with Crippen molar-refractivity contribution in [3.63, 3.8) is 0 Å². The molecule has 0 saturated carbocycles. The van der Waals surface area contributed by atoms with Crippen LogP contribution in [0.3, 0.4) is 0 Å². The normalized spacial score (nSPS) is 13.3. The lowest BCUT2D eigenvalue weighted by Crippen LogP contribution is -2.17. The highest BCUT2D eigenvalue weighted by molar-refractivity contribution is 7.46. The molecule has 0 saturated heterocycles. The van der Waals surface area contributed by atoms with Gasteiger partial charge in [-0.2, -0.15) is 0 Å². The molecule has 0 heterocycles. The van der Waals surface area contributed by atoms with Gasteiger partial charge in [0.25, 0.3) is 0 Å². The summed E-state index contributed by atoms with van der Waals surface area (Å²) in [6.45, 7) is -0.191. The highest BCUT2D eigenvalue weighted by atomic mass is 31.2. The number of phosphoric acid groups is 1. The van der Waals surface area contributed by atoms with Crippen molar-refractivity contribution >= 4 is 19.8 Å². The van der Waals surface area contributed by atoms with Gasteiger partial charge < -0.3 is 20.0 Å². The lowest BCUT2D eigenvalue weighted by Gasteiger charge is -2.09. The second-order valence-electron chi connectivity index (χ2n) is 3.45. The fourth-order valence-corrected chi connectivity index (χ4v) is 1.57. The van der Waals surface area contributed by atoms with E-state index in [2.05, 4.69) is 4.52 Å². The lowest BCUT2D eigenvalue weighted by molar-refractivity contribution is -0.148. The second kappa shape index (κ2) is 7.39. The van der Waals surface area contributed by atoms with Crippen LogP contribution in [-0.4, -0.2) is 38.5 Å². The third kappa shape index (κ3) is 9.95. The Hall–Kier alpha value is -0.950. The van der Waals surface area contributed by atoms with Crippen LogP contribution >= 0.6 is 7.82 Å². The molecule has 0 aromatic heterocycles. The average molecular weight is 270 g/mol. The molecule has 4 N–H and O–H groups in total. The van der Waals surface area contributed by atoms with Crippen LogP contribution in [-0.2, 0) is 18.7 Å². The Morgan fingerprint density at radius 2 is 1.76 bits per heavy atom. The van der Waals surface area contributed by atoms with E-state index in [0.29, 0.717) is 6.42 Å². The molecule has 9 heteroatoms. The molecule has 1 atom stereocenters. The summed E-state index contributed by atoms with van der Waals surface area (Å²) in [6, 6.07) is 0. The van der Waals surface area contributed by atoms with Crippen LogP contribution in [0.1, 0.15) is 25.7 Å². The molecule has 0 radical (unpaired) electrons. The minimum absolute atomic E-state index is 0.131. The van der Waals surface area contributed by atoms with Crippen LogP contribution in [0, 0.1) is 5.92 Å². The summed E-state index contributed by atoms with van der Waals surface area (Å²) in [4.78, 5) is 37.7. The molecule has 100 valence electrons. The number of carbonyl (C=O) groups is 2. The molecule has 17 heavy (non-hydrogen) atoms. The van der Waals surface area contributed by atoms with E-state index in [-0.39, 0.29) is 19.4 Å². The van der Waals surface area contributed by atoms with Gasteiger partial charge in [-0.05, 0) is 12.8 Å². The molecule has 0 amide bonds. The standard InChI is InChI=1S/C8H15O8P/c9-7(10)5-6(8(11)12)3-1-2-4-16-17(13,14)15/h6H,1-5H2,(H,9,10)(H,11,12)(H2,13,14,15). The minimum Gasteiger partial charge on any atom is -0.481 e. The number of unbranched alkanes of at least 4 members (excludes halogenated alkanes) is 1. The number of aliphatic carboxylic acids is 2. The molecule has 0 aliphatic carbocycles. The number of carboxylic acids is 2. The molecule has 0 fully saturated rings. The van der Waals surface area contributed by atoms with Crippen LogP contribution in [0.4, 0.5) is 0 Å². The summed E-state index contributed by atoms with van der Waals surface area (Å²) in [7, 11) is -4.48. The average Bonchev–Trinajstić information content (AvgIpc) is 2.12. The number of hydrogen-bond donors (Lipinski definition) is 4. The van der Waals surface area contributed by atoms with E-state index in [1.165, 1.54) is 0 Å². The van der Waals surface area contributed by atoms with Gasteiger partial charge in [0.15, 0.2) is 0 Å². The Labute approximate surface area is 97.5 Å². The van der Waals surface area contributed by atoms with Gasteiger partial charge in [-0.15, -0.1) is 0 Å². The van der Waals surface area contributed by atoms with Crippen molar-refractivity contribution in [2.75, 3.05) is 6.61 Å². The number of rotatable bonds is 9. The highest BCUT2D eigenvalue weighted by Crippen LogP contribution is 2.35. The SMILES string of the molecule is O=C(O)CC(CCCCOP(=O)(O)O)C(=O)O. The quantitative estimate of drug-likeness (QED) is 0.349. The maximum atomic E-state index is 10.6. The first-order chi connectivity index (χ1) is 7.72. The van der Waals surface area contributed by atoms with Crippen LogP contribution in [0.2, 0.25) is 0 Å². The molecule has 0 aliphatic heterocycles. The van der Waals surface area contributed by atoms with Gasteiger partial charge in [-0.3, -0.25) is 14.1 Å². The molecule has 0 bridgehead atoms. The zero-order valence-corrected chi connectivity index (χ0v) is 9.88. The van der Waals surface area contributed by atoms with E-state index in [4.69, 9.17) is 20.0 Å². The Kier molecular flexibility index (Phi) is 6.98. The Balaban J connectivity index is 3.80. The molecule has 1 unspecified atom stereocenters. The smallest absolute Gasteiger partial charge is 0.469 e. The summed E-state index contributed by atoms with van der Waals surface area (Å²) < 4.78 is 14.4. The van der Waals surface area contributed by atoms with E-state index in [9.17, 15) is 14.2 Å². The van der Waals surface area contributed by atoms with Gasteiger partial charge in [0.05, 0.1) is 18.9 Å². The molecule has 0 rings (SSSR count). The van der Waals surface area contributed by atoms with Crippen molar-refractivity contribution in [1.82, 2.24) is 0 Å². The van der Waals surface area contributed by atoms with Gasteiger partial charge in [0, 0.05) is 0 Å². The van der Waals surface area contributed by atoms with Crippen molar-refractivity contribution < 1.29 is 38.7 Å². The second-order valence-corrected chi connectivity index (χ2v) is 4.69. The zero-order valence-electron chi connectivity index (χ0n) is 8.98. The van der Waals surface area contributed by atoms with E-state index in [1.54, 1.807) is 0 Å². The predicted octanol–water partition coefficient (Wildman–Crippen LogP) is 0.441. The molecule has 0 aromatic carbocycles. The lowest BCUT2D eigenvalue weighted by atomic mass is 9.99. The number of phosphoric ester groups is 1. The van der Waals surface area contributed by atoms with Crippen LogP contribution in [0.25, 0.3) is 0 Å². The third-order valence-electron chi connectivity index (χ3n) is 1.98. The summed E-state index contributed by atoms with van der Waals surface area (Å²) in [5, 5.41) is 17.1. The Morgan fingerprint density at radius 1 is 1.18 bits per heavy atom. The van der Waals surface area contributed by atoms with Crippen molar-refractivity contribution in [3.8, 4) is 0 Å². The van der Waals surface area contributed by atoms with Crippen molar-refractivity contribution in [1.29, 1.82) is 0 Å².